The Labute approximate surface area is 106 Å². The lowest BCUT2D eigenvalue weighted by molar-refractivity contribution is -0.942. The maximum atomic E-state index is 11.5. The summed E-state index contributed by atoms with van der Waals surface area (Å²) in [5, 5.41) is 9.82. The first-order chi connectivity index (χ1) is 8.67. The smallest absolute Gasteiger partial charge is 0.160 e. The van der Waals surface area contributed by atoms with E-state index in [1.165, 1.54) is 10.5 Å². The van der Waals surface area contributed by atoms with Crippen LogP contribution in [0.4, 0.5) is 0 Å². The number of hydrogen-bond donors (Lipinski definition) is 2. The van der Waals surface area contributed by atoms with Crippen molar-refractivity contribution in [1.29, 1.82) is 0 Å². The van der Waals surface area contributed by atoms with Crippen LogP contribution in [0, 0.1) is 0 Å². The summed E-state index contributed by atoms with van der Waals surface area (Å²) >= 11 is 0. The fourth-order valence-corrected chi connectivity index (χ4v) is 3.16. The number of phenolic OH excluding ortho intramolecular Hbond substituents is 1. The van der Waals surface area contributed by atoms with Crippen LogP contribution in [0.1, 0.15) is 24.0 Å². The molecule has 1 fully saturated rings. The van der Waals surface area contributed by atoms with Crippen molar-refractivity contribution in [1.82, 2.24) is 0 Å². The molecule has 2 aliphatic heterocycles. The van der Waals surface area contributed by atoms with Gasteiger partial charge in [0.15, 0.2) is 11.5 Å². The van der Waals surface area contributed by atoms with Gasteiger partial charge in [-0.2, -0.15) is 0 Å². The summed E-state index contributed by atoms with van der Waals surface area (Å²) in [5.74, 6) is 1.12. The molecule has 2 heterocycles. The zero-order chi connectivity index (χ0) is 12.7. The first-order valence-corrected chi connectivity index (χ1v) is 6.42. The standard InChI is InChI=1S/C14H17NO3/c1-18-14-6-10-8-15-3-2-12(16)7-11(15)4-9(10)5-13(14)17/h5-6,11,17H,2-4,7-8H2,1H3/p+1/t11-/m0/s1. The molecule has 0 aromatic heterocycles. The van der Waals surface area contributed by atoms with Gasteiger partial charge in [-0.05, 0) is 17.7 Å². The molecule has 0 bridgehead atoms. The first-order valence-electron chi connectivity index (χ1n) is 6.42. The lowest BCUT2D eigenvalue weighted by Crippen LogP contribution is -3.16. The summed E-state index contributed by atoms with van der Waals surface area (Å²) in [6.07, 6.45) is 2.27. The molecule has 3 rings (SSSR count). The molecule has 0 amide bonds. The van der Waals surface area contributed by atoms with Gasteiger partial charge < -0.3 is 14.7 Å². The van der Waals surface area contributed by atoms with E-state index >= 15 is 0 Å². The monoisotopic (exact) mass is 248 g/mol. The molecule has 0 aliphatic carbocycles. The number of ether oxygens (including phenoxy) is 1. The Bertz CT molecular complexity index is 498. The molecule has 2 N–H and O–H groups in total. The van der Waals surface area contributed by atoms with E-state index in [4.69, 9.17) is 4.74 Å². The molecule has 1 unspecified atom stereocenters. The molecule has 0 saturated carbocycles. The maximum absolute atomic E-state index is 11.5. The topological polar surface area (TPSA) is 51.0 Å². The lowest BCUT2D eigenvalue weighted by Gasteiger charge is -2.36. The SMILES string of the molecule is COc1cc2c(cc1O)C[C@H]1CC(=O)CC[NH+]1C2. The number of fused-ring (bicyclic) bond motifs is 2. The van der Waals surface area contributed by atoms with Crippen LogP contribution >= 0.6 is 0 Å². The Morgan fingerprint density at radius 3 is 2.94 bits per heavy atom. The number of rotatable bonds is 1. The van der Waals surface area contributed by atoms with Crippen molar-refractivity contribution in [2.75, 3.05) is 13.7 Å². The molecule has 18 heavy (non-hydrogen) atoms. The average molecular weight is 248 g/mol. The normalized spacial score (nSPS) is 26.4. The van der Waals surface area contributed by atoms with E-state index < -0.39 is 0 Å². The van der Waals surface area contributed by atoms with Gasteiger partial charge in [0.2, 0.25) is 0 Å². The van der Waals surface area contributed by atoms with Crippen LogP contribution in [0.25, 0.3) is 0 Å². The zero-order valence-electron chi connectivity index (χ0n) is 10.5. The number of Topliss-reactive ketones (excluding diaryl/α,β-unsaturated/α-hetero) is 1. The van der Waals surface area contributed by atoms with Gasteiger partial charge in [-0.3, -0.25) is 4.79 Å². The molecule has 1 aromatic rings. The number of aromatic hydroxyl groups is 1. The van der Waals surface area contributed by atoms with Crippen LogP contribution in [-0.4, -0.2) is 30.6 Å². The number of hydrogen-bond acceptors (Lipinski definition) is 3. The molecule has 0 spiro atoms. The Morgan fingerprint density at radius 1 is 1.33 bits per heavy atom. The molecular weight excluding hydrogens is 230 g/mol. The fourth-order valence-electron chi connectivity index (χ4n) is 3.16. The molecule has 1 aromatic carbocycles. The molecule has 2 atom stereocenters. The average Bonchev–Trinajstić information content (AvgIpc) is 2.35. The number of phenols is 1. The summed E-state index contributed by atoms with van der Waals surface area (Å²) < 4.78 is 5.15. The predicted octanol–water partition coefficient (Wildman–Crippen LogP) is 0.0733. The van der Waals surface area contributed by atoms with Crippen LogP contribution in [0.5, 0.6) is 11.5 Å². The second-order valence-corrected chi connectivity index (χ2v) is 5.27. The highest BCUT2D eigenvalue weighted by Gasteiger charge is 2.35. The Hall–Kier alpha value is -1.55. The molecule has 2 aliphatic rings. The van der Waals surface area contributed by atoms with Gasteiger partial charge in [0.1, 0.15) is 12.3 Å². The molecule has 0 radical (unpaired) electrons. The Balaban J connectivity index is 1.93. The van der Waals surface area contributed by atoms with E-state index in [2.05, 4.69) is 0 Å². The first kappa shape index (κ1) is 11.5. The van der Waals surface area contributed by atoms with Crippen LogP contribution in [0.3, 0.4) is 0 Å². The van der Waals surface area contributed by atoms with Crippen molar-refractivity contribution in [3.63, 3.8) is 0 Å². The van der Waals surface area contributed by atoms with E-state index in [-0.39, 0.29) is 5.75 Å². The highest BCUT2D eigenvalue weighted by molar-refractivity contribution is 5.79. The third kappa shape index (κ3) is 1.86. The molecule has 4 nitrogen and oxygen atoms in total. The van der Waals surface area contributed by atoms with Gasteiger partial charge in [-0.15, -0.1) is 0 Å². The van der Waals surface area contributed by atoms with Crippen LogP contribution in [0.15, 0.2) is 12.1 Å². The highest BCUT2D eigenvalue weighted by Crippen LogP contribution is 2.31. The predicted molar refractivity (Wildman–Crippen MR) is 65.9 cm³/mol. The molecule has 4 heteroatoms. The minimum absolute atomic E-state index is 0.196. The summed E-state index contributed by atoms with van der Waals surface area (Å²) in [5.41, 5.74) is 2.40. The van der Waals surface area contributed by atoms with Gasteiger partial charge in [0, 0.05) is 12.0 Å². The summed E-state index contributed by atoms with van der Waals surface area (Å²) in [4.78, 5) is 13.0. The van der Waals surface area contributed by atoms with Crippen molar-refractivity contribution < 1.29 is 19.5 Å². The lowest BCUT2D eigenvalue weighted by atomic mass is 9.88. The third-order valence-electron chi connectivity index (χ3n) is 4.16. The number of carbonyl (C=O) groups is 1. The van der Waals surface area contributed by atoms with E-state index in [1.54, 1.807) is 13.2 Å². The summed E-state index contributed by atoms with van der Waals surface area (Å²) in [6.45, 7) is 1.87. The van der Waals surface area contributed by atoms with Gasteiger partial charge in [0.05, 0.1) is 32.5 Å². The Morgan fingerprint density at radius 2 is 2.17 bits per heavy atom. The van der Waals surface area contributed by atoms with Gasteiger partial charge in [-0.1, -0.05) is 0 Å². The Kier molecular flexibility index (Phi) is 2.74. The summed E-state index contributed by atoms with van der Waals surface area (Å²) in [6, 6.07) is 4.13. The van der Waals surface area contributed by atoms with Crippen molar-refractivity contribution in [2.45, 2.75) is 31.8 Å². The number of carbonyl (C=O) groups excluding carboxylic acids is 1. The van der Waals surface area contributed by atoms with E-state index in [0.29, 0.717) is 30.4 Å². The minimum Gasteiger partial charge on any atom is -0.504 e. The van der Waals surface area contributed by atoms with Gasteiger partial charge in [0.25, 0.3) is 0 Å². The van der Waals surface area contributed by atoms with Crippen LogP contribution < -0.4 is 9.64 Å². The number of quaternary nitrogens is 1. The fraction of sp³-hybridized carbons (Fsp3) is 0.500. The molecular formula is C14H18NO3+. The number of ketones is 1. The number of piperidine rings is 1. The van der Waals surface area contributed by atoms with E-state index in [0.717, 1.165) is 25.1 Å². The quantitative estimate of drug-likeness (QED) is 0.739. The van der Waals surface area contributed by atoms with Crippen molar-refractivity contribution in [3.8, 4) is 11.5 Å². The van der Waals surface area contributed by atoms with Crippen molar-refractivity contribution >= 4 is 5.78 Å². The highest BCUT2D eigenvalue weighted by atomic mass is 16.5. The van der Waals surface area contributed by atoms with Gasteiger partial charge >= 0.3 is 0 Å². The van der Waals surface area contributed by atoms with Gasteiger partial charge in [-0.25, -0.2) is 0 Å². The van der Waals surface area contributed by atoms with Crippen molar-refractivity contribution in [2.24, 2.45) is 0 Å². The van der Waals surface area contributed by atoms with Crippen LogP contribution in [-0.2, 0) is 17.8 Å². The number of benzene rings is 1. The van der Waals surface area contributed by atoms with E-state index in [1.807, 2.05) is 6.07 Å². The van der Waals surface area contributed by atoms with Crippen LogP contribution in [0.2, 0.25) is 0 Å². The number of nitrogens with one attached hydrogen (secondary N) is 1. The van der Waals surface area contributed by atoms with Crippen molar-refractivity contribution in [3.05, 3.63) is 23.3 Å². The molecule has 1 saturated heterocycles. The number of methoxy groups -OCH3 is 1. The zero-order valence-corrected chi connectivity index (χ0v) is 10.5. The second kappa shape index (κ2) is 4.28. The maximum Gasteiger partial charge on any atom is 0.160 e. The summed E-state index contributed by atoms with van der Waals surface area (Å²) in [7, 11) is 1.57. The minimum atomic E-state index is 0.196. The molecule has 96 valence electrons. The second-order valence-electron chi connectivity index (χ2n) is 5.27. The third-order valence-corrected chi connectivity index (χ3v) is 4.16. The largest absolute Gasteiger partial charge is 0.504 e. The van der Waals surface area contributed by atoms with E-state index in [9.17, 15) is 9.90 Å².